The summed E-state index contributed by atoms with van der Waals surface area (Å²) in [6.07, 6.45) is 1.28. The number of pyridine rings is 1. The van der Waals surface area contributed by atoms with E-state index in [0.29, 0.717) is 0 Å². The Balaban J connectivity index is 3.28. The van der Waals surface area contributed by atoms with Gasteiger partial charge in [-0.15, -0.1) is 0 Å². The van der Waals surface area contributed by atoms with E-state index in [-0.39, 0.29) is 37.7 Å². The maximum Gasteiger partial charge on any atom is 0.329 e. The van der Waals surface area contributed by atoms with Crippen molar-refractivity contribution in [1.29, 1.82) is 5.26 Å². The van der Waals surface area contributed by atoms with Crippen LogP contribution in [0.15, 0.2) is 12.3 Å². The van der Waals surface area contributed by atoms with Crippen LogP contribution in [0.1, 0.15) is 5.56 Å². The third kappa shape index (κ3) is 2.91. The van der Waals surface area contributed by atoms with Gasteiger partial charge in [-0.1, -0.05) is 0 Å². The van der Waals surface area contributed by atoms with Crippen molar-refractivity contribution >= 4 is 11.5 Å². The maximum absolute atomic E-state index is 11.0. The summed E-state index contributed by atoms with van der Waals surface area (Å²) in [6, 6.07) is 2.97. The number of anilines is 1. The van der Waals surface area contributed by atoms with Crippen molar-refractivity contribution in [3.63, 3.8) is 0 Å². The summed E-state index contributed by atoms with van der Waals surface area (Å²) in [4.78, 5) is 15.5. The van der Waals surface area contributed by atoms with Gasteiger partial charge in [-0.05, 0) is 6.07 Å². The van der Waals surface area contributed by atoms with E-state index < -0.39 is 10.6 Å². The van der Waals surface area contributed by atoms with Crippen LogP contribution in [0.3, 0.4) is 0 Å². The Morgan fingerprint density at radius 3 is 2.50 bits per heavy atom. The number of aliphatic hydroxyl groups is 2. The molecule has 1 aromatic rings. The molecule has 0 atom stereocenters. The van der Waals surface area contributed by atoms with Gasteiger partial charge in [-0.2, -0.15) is 5.26 Å². The second-order valence-electron chi connectivity index (χ2n) is 3.33. The third-order valence-electron chi connectivity index (χ3n) is 2.25. The Hall–Kier alpha value is -2.24. The van der Waals surface area contributed by atoms with Crippen LogP contribution < -0.4 is 4.90 Å². The molecule has 1 heterocycles. The highest BCUT2D eigenvalue weighted by Crippen LogP contribution is 2.28. The van der Waals surface area contributed by atoms with E-state index in [9.17, 15) is 10.1 Å². The van der Waals surface area contributed by atoms with Gasteiger partial charge in [0.15, 0.2) is 0 Å². The predicted octanol–water partition coefficient (Wildman–Crippen LogP) is -0.348. The van der Waals surface area contributed by atoms with Crippen molar-refractivity contribution in [3.05, 3.63) is 27.9 Å². The molecule has 8 heteroatoms. The molecule has 8 nitrogen and oxygen atoms in total. The van der Waals surface area contributed by atoms with Crippen LogP contribution in [0.5, 0.6) is 0 Å². The number of hydrogen-bond donors (Lipinski definition) is 2. The average Bonchev–Trinajstić information content (AvgIpc) is 2.37. The normalized spacial score (nSPS) is 9.83. The van der Waals surface area contributed by atoms with Gasteiger partial charge < -0.3 is 15.1 Å². The average molecular weight is 252 g/mol. The Morgan fingerprint density at radius 2 is 2.06 bits per heavy atom. The Morgan fingerprint density at radius 1 is 1.44 bits per heavy atom. The molecule has 0 bridgehead atoms. The summed E-state index contributed by atoms with van der Waals surface area (Å²) in [5, 5.41) is 37.6. The van der Waals surface area contributed by atoms with Crippen LogP contribution in [0.25, 0.3) is 0 Å². The Kier molecular flexibility index (Phi) is 4.98. The Labute approximate surface area is 103 Å². The second kappa shape index (κ2) is 6.48. The predicted molar refractivity (Wildman–Crippen MR) is 62.0 cm³/mol. The van der Waals surface area contributed by atoms with E-state index >= 15 is 0 Å². The molecule has 0 unspecified atom stereocenters. The van der Waals surface area contributed by atoms with E-state index in [0.717, 1.165) is 0 Å². The van der Waals surface area contributed by atoms with Crippen molar-refractivity contribution in [3.8, 4) is 6.07 Å². The molecule has 1 rings (SSSR count). The van der Waals surface area contributed by atoms with Crippen LogP contribution in [-0.2, 0) is 0 Å². The molecule has 0 aromatic carbocycles. The summed E-state index contributed by atoms with van der Waals surface area (Å²) in [5.41, 5.74) is -0.521. The molecule has 0 radical (unpaired) electrons. The first-order valence-corrected chi connectivity index (χ1v) is 5.15. The second-order valence-corrected chi connectivity index (χ2v) is 3.33. The monoisotopic (exact) mass is 252 g/mol. The minimum absolute atomic E-state index is 0.0258. The number of nitro groups is 1. The maximum atomic E-state index is 11.0. The van der Waals surface area contributed by atoms with Crippen LogP contribution in [0.2, 0.25) is 0 Å². The van der Waals surface area contributed by atoms with E-state index in [4.69, 9.17) is 15.5 Å². The summed E-state index contributed by atoms with van der Waals surface area (Å²) in [5.74, 6) is -0.0258. The van der Waals surface area contributed by atoms with Crippen LogP contribution in [0.4, 0.5) is 11.5 Å². The van der Waals surface area contributed by atoms with E-state index in [1.54, 1.807) is 6.07 Å². The molecule has 18 heavy (non-hydrogen) atoms. The van der Waals surface area contributed by atoms with Gasteiger partial charge in [0.2, 0.25) is 5.82 Å². The standard InChI is InChI=1S/C10H12N4O4/c11-7-8-1-2-12-10(9(8)14(17)18)13(3-5-15)4-6-16/h1-2,15-16H,3-6H2. The summed E-state index contributed by atoms with van der Waals surface area (Å²) in [7, 11) is 0. The fraction of sp³-hybridized carbons (Fsp3) is 0.400. The topological polar surface area (TPSA) is 124 Å². The smallest absolute Gasteiger partial charge is 0.329 e. The number of aromatic nitrogens is 1. The van der Waals surface area contributed by atoms with Gasteiger partial charge in [0.25, 0.3) is 0 Å². The van der Waals surface area contributed by atoms with Crippen LogP contribution in [0, 0.1) is 21.4 Å². The quantitative estimate of drug-likeness (QED) is 0.524. The zero-order valence-corrected chi connectivity index (χ0v) is 9.48. The molecule has 96 valence electrons. The van der Waals surface area contributed by atoms with E-state index in [1.807, 2.05) is 0 Å². The van der Waals surface area contributed by atoms with Crippen LogP contribution >= 0.6 is 0 Å². The number of rotatable bonds is 6. The molecule has 0 aliphatic heterocycles. The van der Waals surface area contributed by atoms with Gasteiger partial charge in [0.05, 0.1) is 18.1 Å². The molecular weight excluding hydrogens is 240 g/mol. The van der Waals surface area contributed by atoms with Gasteiger partial charge >= 0.3 is 5.69 Å². The molecular formula is C10H12N4O4. The highest BCUT2D eigenvalue weighted by atomic mass is 16.6. The van der Waals surface area contributed by atoms with Gasteiger partial charge in [-0.3, -0.25) is 10.1 Å². The highest BCUT2D eigenvalue weighted by molar-refractivity contribution is 5.65. The minimum atomic E-state index is -0.692. The minimum Gasteiger partial charge on any atom is -0.395 e. The van der Waals surface area contributed by atoms with Crippen molar-refractivity contribution in [2.24, 2.45) is 0 Å². The van der Waals surface area contributed by atoms with E-state index in [2.05, 4.69) is 4.98 Å². The fourth-order valence-corrected chi connectivity index (χ4v) is 1.51. The largest absolute Gasteiger partial charge is 0.395 e. The molecule has 1 aromatic heterocycles. The summed E-state index contributed by atoms with van der Waals surface area (Å²) >= 11 is 0. The van der Waals surface area contributed by atoms with Crippen molar-refractivity contribution < 1.29 is 15.1 Å². The van der Waals surface area contributed by atoms with Crippen molar-refractivity contribution in [2.75, 3.05) is 31.2 Å². The first-order valence-electron chi connectivity index (χ1n) is 5.15. The molecule has 0 saturated carbocycles. The molecule has 0 spiro atoms. The van der Waals surface area contributed by atoms with E-state index in [1.165, 1.54) is 17.2 Å². The number of nitrogens with zero attached hydrogens (tertiary/aromatic N) is 4. The number of aliphatic hydroxyl groups excluding tert-OH is 2. The fourth-order valence-electron chi connectivity index (χ4n) is 1.51. The lowest BCUT2D eigenvalue weighted by Crippen LogP contribution is -2.31. The van der Waals surface area contributed by atoms with Crippen LogP contribution in [-0.4, -0.2) is 46.4 Å². The third-order valence-corrected chi connectivity index (χ3v) is 2.25. The van der Waals surface area contributed by atoms with Gasteiger partial charge in [-0.25, -0.2) is 4.98 Å². The molecule has 2 N–H and O–H groups in total. The first kappa shape index (κ1) is 13.8. The number of nitriles is 1. The SMILES string of the molecule is N#Cc1ccnc(N(CCO)CCO)c1[N+](=O)[O-]. The summed E-state index contributed by atoms with van der Waals surface area (Å²) in [6.45, 7) is -0.308. The van der Waals surface area contributed by atoms with Crippen molar-refractivity contribution in [1.82, 2.24) is 4.98 Å². The van der Waals surface area contributed by atoms with Gasteiger partial charge in [0.1, 0.15) is 11.6 Å². The zero-order valence-electron chi connectivity index (χ0n) is 9.48. The lowest BCUT2D eigenvalue weighted by atomic mass is 10.2. The number of hydrogen-bond acceptors (Lipinski definition) is 7. The molecule has 0 aliphatic carbocycles. The van der Waals surface area contributed by atoms with Gasteiger partial charge in [0, 0.05) is 19.3 Å². The lowest BCUT2D eigenvalue weighted by molar-refractivity contribution is -0.384. The molecule has 0 amide bonds. The zero-order chi connectivity index (χ0) is 13.5. The molecule has 0 saturated heterocycles. The lowest BCUT2D eigenvalue weighted by Gasteiger charge is -2.21. The molecule has 0 fully saturated rings. The summed E-state index contributed by atoms with van der Waals surface area (Å²) < 4.78 is 0. The highest BCUT2D eigenvalue weighted by Gasteiger charge is 2.25. The molecule has 0 aliphatic rings. The first-order chi connectivity index (χ1) is 8.65. The van der Waals surface area contributed by atoms with Crippen molar-refractivity contribution in [2.45, 2.75) is 0 Å². The Bertz CT molecular complexity index is 465.